The molecule has 0 aliphatic carbocycles. The van der Waals surface area contributed by atoms with E-state index in [9.17, 15) is 5.11 Å². The third kappa shape index (κ3) is 2.17. The molecule has 18 heavy (non-hydrogen) atoms. The van der Waals surface area contributed by atoms with Crippen LogP contribution in [0.15, 0.2) is 0 Å². The van der Waals surface area contributed by atoms with Crippen molar-refractivity contribution in [2.75, 3.05) is 20.1 Å². The highest BCUT2D eigenvalue weighted by molar-refractivity contribution is 6.30. The third-order valence-corrected chi connectivity index (χ3v) is 4.55. The smallest absolute Gasteiger partial charge is 0.150 e. The summed E-state index contributed by atoms with van der Waals surface area (Å²) in [5.74, 6) is 1.60. The summed E-state index contributed by atoms with van der Waals surface area (Å²) < 4.78 is 2.17. The van der Waals surface area contributed by atoms with Crippen LogP contribution in [0, 0.1) is 0 Å². The van der Waals surface area contributed by atoms with Gasteiger partial charge < -0.3 is 14.6 Å². The Kier molecular flexibility index (Phi) is 3.34. The second-order valence-electron chi connectivity index (χ2n) is 5.59. The quantitative estimate of drug-likeness (QED) is 0.843. The number of nitrogens with zero attached hydrogens (tertiary/aromatic N) is 3. The van der Waals surface area contributed by atoms with Crippen molar-refractivity contribution < 1.29 is 5.11 Å². The number of hydrogen-bond donors (Lipinski definition) is 1. The van der Waals surface area contributed by atoms with Crippen LogP contribution in [0.25, 0.3) is 0 Å². The van der Waals surface area contributed by atoms with Crippen LogP contribution < -0.4 is 0 Å². The Labute approximate surface area is 113 Å². The minimum Gasteiger partial charge on any atom is -0.391 e. The molecular weight excluding hydrogens is 250 g/mol. The molecule has 0 saturated carbocycles. The summed E-state index contributed by atoms with van der Waals surface area (Å²) in [5.41, 5.74) is 1.12. The van der Waals surface area contributed by atoms with Crippen molar-refractivity contribution in [3.8, 4) is 0 Å². The lowest BCUT2D eigenvalue weighted by atomic mass is 9.96. The van der Waals surface area contributed by atoms with Gasteiger partial charge in [0.2, 0.25) is 0 Å². The van der Waals surface area contributed by atoms with Crippen LogP contribution in [0.3, 0.4) is 0 Å². The Morgan fingerprint density at radius 1 is 1.28 bits per heavy atom. The van der Waals surface area contributed by atoms with Crippen molar-refractivity contribution in [2.45, 2.75) is 44.2 Å². The lowest BCUT2D eigenvalue weighted by molar-refractivity contribution is 0.128. The maximum atomic E-state index is 9.83. The first-order chi connectivity index (χ1) is 8.65. The highest BCUT2D eigenvalue weighted by Crippen LogP contribution is 2.32. The fraction of sp³-hybridized carbons (Fsp3) is 0.769. The summed E-state index contributed by atoms with van der Waals surface area (Å²) in [4.78, 5) is 6.93. The van der Waals surface area contributed by atoms with Crippen LogP contribution in [0.4, 0.5) is 0 Å². The number of halogens is 1. The predicted molar refractivity (Wildman–Crippen MR) is 71.0 cm³/mol. The van der Waals surface area contributed by atoms with Gasteiger partial charge in [-0.15, -0.1) is 0 Å². The second kappa shape index (κ2) is 4.83. The van der Waals surface area contributed by atoms with Gasteiger partial charge in [0.15, 0.2) is 5.15 Å². The van der Waals surface area contributed by atoms with Crippen LogP contribution in [-0.4, -0.2) is 45.8 Å². The van der Waals surface area contributed by atoms with E-state index in [0.29, 0.717) is 17.6 Å². The molecule has 3 rings (SSSR count). The van der Waals surface area contributed by atoms with E-state index in [1.807, 2.05) is 0 Å². The Bertz CT molecular complexity index is 438. The Balaban J connectivity index is 1.88. The van der Waals surface area contributed by atoms with Gasteiger partial charge in [0, 0.05) is 5.92 Å². The summed E-state index contributed by atoms with van der Waals surface area (Å²) in [6, 6.07) is 0. The van der Waals surface area contributed by atoms with Gasteiger partial charge in [-0.3, -0.25) is 0 Å². The van der Waals surface area contributed by atoms with Crippen LogP contribution in [0.2, 0.25) is 5.15 Å². The largest absolute Gasteiger partial charge is 0.391 e. The van der Waals surface area contributed by atoms with Crippen molar-refractivity contribution in [2.24, 2.45) is 0 Å². The Morgan fingerprint density at radius 2 is 2.00 bits per heavy atom. The van der Waals surface area contributed by atoms with Gasteiger partial charge in [-0.25, -0.2) is 4.98 Å². The van der Waals surface area contributed by atoms with Crippen LogP contribution in [-0.2, 0) is 13.0 Å². The van der Waals surface area contributed by atoms with Gasteiger partial charge in [0.25, 0.3) is 0 Å². The average molecular weight is 270 g/mol. The molecule has 3 heterocycles. The van der Waals surface area contributed by atoms with Crippen molar-refractivity contribution in [1.82, 2.24) is 14.5 Å². The molecule has 5 heteroatoms. The molecule has 0 spiro atoms. The SMILES string of the molecule is CN1CCC(c2nc(Cl)c3n2CC(O)CC3)CC1. The van der Waals surface area contributed by atoms with Crippen LogP contribution in [0.5, 0.6) is 0 Å². The first kappa shape index (κ1) is 12.5. The molecule has 2 aliphatic rings. The van der Waals surface area contributed by atoms with Crippen molar-refractivity contribution in [3.63, 3.8) is 0 Å². The number of aliphatic hydroxyl groups excluding tert-OH is 1. The van der Waals surface area contributed by atoms with E-state index in [-0.39, 0.29) is 6.10 Å². The Morgan fingerprint density at radius 3 is 2.72 bits per heavy atom. The molecule has 2 aliphatic heterocycles. The molecule has 4 nitrogen and oxygen atoms in total. The molecule has 1 atom stereocenters. The van der Waals surface area contributed by atoms with E-state index >= 15 is 0 Å². The second-order valence-corrected chi connectivity index (χ2v) is 5.95. The van der Waals surface area contributed by atoms with Crippen molar-refractivity contribution >= 4 is 11.6 Å². The molecule has 0 amide bonds. The fourth-order valence-corrected chi connectivity index (χ4v) is 3.38. The standard InChI is InChI=1S/C13H20ClN3O/c1-16-6-4-9(5-7-16)13-15-12(14)11-3-2-10(18)8-17(11)13/h9-10,18H,2-8H2,1H3. The van der Waals surface area contributed by atoms with Crippen LogP contribution in [0.1, 0.15) is 36.7 Å². The van der Waals surface area contributed by atoms with Gasteiger partial charge in [-0.1, -0.05) is 11.6 Å². The zero-order chi connectivity index (χ0) is 12.7. The lowest BCUT2D eigenvalue weighted by Crippen LogP contribution is -2.32. The highest BCUT2D eigenvalue weighted by Gasteiger charge is 2.29. The van der Waals surface area contributed by atoms with E-state index in [2.05, 4.69) is 21.5 Å². The molecule has 0 aromatic carbocycles. The molecule has 1 aromatic rings. The molecule has 1 aromatic heterocycles. The summed E-state index contributed by atoms with van der Waals surface area (Å²) in [7, 11) is 2.16. The first-order valence-electron chi connectivity index (χ1n) is 6.76. The number of fused-ring (bicyclic) bond motifs is 1. The number of aromatic nitrogens is 2. The minimum atomic E-state index is -0.243. The number of aliphatic hydroxyl groups is 1. The molecule has 1 fully saturated rings. The van der Waals surface area contributed by atoms with E-state index in [1.165, 1.54) is 0 Å². The molecule has 100 valence electrons. The zero-order valence-corrected chi connectivity index (χ0v) is 11.5. The molecule has 1 saturated heterocycles. The molecule has 1 N–H and O–H groups in total. The van der Waals surface area contributed by atoms with E-state index in [1.54, 1.807) is 0 Å². The molecular formula is C13H20ClN3O. The summed E-state index contributed by atoms with van der Waals surface area (Å²) in [5, 5.41) is 10.5. The van der Waals surface area contributed by atoms with Crippen molar-refractivity contribution in [3.05, 3.63) is 16.7 Å². The number of hydrogen-bond acceptors (Lipinski definition) is 3. The normalized spacial score (nSPS) is 26.3. The van der Waals surface area contributed by atoms with Gasteiger partial charge in [-0.05, 0) is 45.8 Å². The highest BCUT2D eigenvalue weighted by atomic mass is 35.5. The molecule has 0 radical (unpaired) electrons. The van der Waals surface area contributed by atoms with E-state index in [4.69, 9.17) is 11.6 Å². The average Bonchev–Trinajstić information content (AvgIpc) is 2.67. The van der Waals surface area contributed by atoms with Gasteiger partial charge >= 0.3 is 0 Å². The number of imidazole rings is 1. The summed E-state index contributed by atoms with van der Waals surface area (Å²) >= 11 is 6.23. The summed E-state index contributed by atoms with van der Waals surface area (Å²) in [6.45, 7) is 2.90. The molecule has 1 unspecified atom stereocenters. The minimum absolute atomic E-state index is 0.243. The van der Waals surface area contributed by atoms with E-state index in [0.717, 1.165) is 50.3 Å². The first-order valence-corrected chi connectivity index (χ1v) is 7.14. The molecule has 0 bridgehead atoms. The monoisotopic (exact) mass is 269 g/mol. The number of rotatable bonds is 1. The third-order valence-electron chi connectivity index (χ3n) is 4.24. The van der Waals surface area contributed by atoms with E-state index < -0.39 is 0 Å². The predicted octanol–water partition coefficient (Wildman–Crippen LogP) is 1.65. The fourth-order valence-electron chi connectivity index (χ4n) is 3.10. The maximum Gasteiger partial charge on any atom is 0.150 e. The van der Waals surface area contributed by atoms with Crippen LogP contribution >= 0.6 is 11.6 Å². The maximum absolute atomic E-state index is 9.83. The zero-order valence-electron chi connectivity index (χ0n) is 10.8. The number of piperidine rings is 1. The van der Waals surface area contributed by atoms with Gasteiger partial charge in [-0.2, -0.15) is 0 Å². The topological polar surface area (TPSA) is 41.3 Å². The lowest BCUT2D eigenvalue weighted by Gasteiger charge is -2.30. The Hall–Kier alpha value is -0.580. The number of likely N-dealkylation sites (tertiary alicyclic amines) is 1. The van der Waals surface area contributed by atoms with Gasteiger partial charge in [0.05, 0.1) is 18.3 Å². The summed E-state index contributed by atoms with van der Waals surface area (Å²) in [6.07, 6.45) is 3.68. The van der Waals surface area contributed by atoms with Gasteiger partial charge in [0.1, 0.15) is 5.82 Å². The van der Waals surface area contributed by atoms with Crippen molar-refractivity contribution in [1.29, 1.82) is 0 Å².